The van der Waals surface area contributed by atoms with Gasteiger partial charge in [0.05, 0.1) is 19.6 Å². The first-order valence-corrected chi connectivity index (χ1v) is 7.21. The number of nitrogens with one attached hydrogen (secondary N) is 1. The SMILES string of the molecule is COCCc1nc(CNC(C)c2c(C)cccc2C)no1. The highest BCUT2D eigenvalue weighted by Gasteiger charge is 2.12. The van der Waals surface area contributed by atoms with Crippen LogP contribution in [0.1, 0.15) is 41.4 Å². The normalized spacial score (nSPS) is 12.6. The molecule has 0 aliphatic heterocycles. The van der Waals surface area contributed by atoms with Gasteiger partial charge in [-0.15, -0.1) is 0 Å². The van der Waals surface area contributed by atoms with Crippen LogP contribution >= 0.6 is 0 Å². The van der Waals surface area contributed by atoms with Gasteiger partial charge in [-0.1, -0.05) is 23.4 Å². The Morgan fingerprint density at radius 1 is 1.29 bits per heavy atom. The molecule has 0 amide bonds. The second-order valence-corrected chi connectivity index (χ2v) is 5.26. The summed E-state index contributed by atoms with van der Waals surface area (Å²) in [6.07, 6.45) is 0.649. The van der Waals surface area contributed by atoms with E-state index in [0.29, 0.717) is 31.3 Å². The highest BCUT2D eigenvalue weighted by Crippen LogP contribution is 2.21. The first-order chi connectivity index (χ1) is 10.1. The molecule has 0 radical (unpaired) electrons. The van der Waals surface area contributed by atoms with Crippen LogP contribution in [0.25, 0.3) is 0 Å². The molecule has 114 valence electrons. The van der Waals surface area contributed by atoms with E-state index in [4.69, 9.17) is 9.26 Å². The number of rotatable bonds is 7. The van der Waals surface area contributed by atoms with E-state index in [1.165, 1.54) is 16.7 Å². The summed E-state index contributed by atoms with van der Waals surface area (Å²) >= 11 is 0. The van der Waals surface area contributed by atoms with Gasteiger partial charge in [0.25, 0.3) is 0 Å². The minimum absolute atomic E-state index is 0.243. The molecule has 5 heteroatoms. The molecule has 0 bridgehead atoms. The van der Waals surface area contributed by atoms with Crippen LogP contribution in [0.2, 0.25) is 0 Å². The molecule has 5 nitrogen and oxygen atoms in total. The standard InChI is InChI=1S/C16H23N3O2/c1-11-6-5-7-12(2)16(11)13(3)17-10-14-18-15(21-19-14)8-9-20-4/h5-7,13,17H,8-10H2,1-4H3. The Kier molecular flexibility index (Phi) is 5.47. The number of aromatic nitrogens is 2. The van der Waals surface area contributed by atoms with Crippen LogP contribution < -0.4 is 5.32 Å². The maximum absolute atomic E-state index is 5.17. The summed E-state index contributed by atoms with van der Waals surface area (Å²) < 4.78 is 10.2. The van der Waals surface area contributed by atoms with Crippen molar-refractivity contribution in [2.24, 2.45) is 0 Å². The monoisotopic (exact) mass is 289 g/mol. The summed E-state index contributed by atoms with van der Waals surface area (Å²) in [5.74, 6) is 1.30. The minimum atomic E-state index is 0.243. The molecule has 1 aromatic heterocycles. The smallest absolute Gasteiger partial charge is 0.229 e. The molecule has 0 aliphatic carbocycles. The van der Waals surface area contributed by atoms with Gasteiger partial charge in [0.1, 0.15) is 0 Å². The molecule has 0 spiro atoms. The fourth-order valence-electron chi connectivity index (χ4n) is 2.51. The third kappa shape index (κ3) is 4.12. The van der Waals surface area contributed by atoms with E-state index < -0.39 is 0 Å². The second-order valence-electron chi connectivity index (χ2n) is 5.26. The lowest BCUT2D eigenvalue weighted by Crippen LogP contribution is -2.20. The quantitative estimate of drug-likeness (QED) is 0.849. The zero-order valence-corrected chi connectivity index (χ0v) is 13.1. The Hall–Kier alpha value is -1.72. The molecule has 0 aliphatic rings. The van der Waals surface area contributed by atoms with E-state index >= 15 is 0 Å². The van der Waals surface area contributed by atoms with E-state index in [1.807, 2.05) is 0 Å². The molecule has 0 saturated carbocycles. The number of aryl methyl sites for hydroxylation is 2. The molecular formula is C16H23N3O2. The molecular weight excluding hydrogens is 266 g/mol. The summed E-state index contributed by atoms with van der Waals surface area (Å²) in [6, 6.07) is 6.60. The van der Waals surface area contributed by atoms with Gasteiger partial charge in [-0.05, 0) is 37.5 Å². The van der Waals surface area contributed by atoms with Crippen LogP contribution in [-0.4, -0.2) is 23.9 Å². The number of hydrogen-bond acceptors (Lipinski definition) is 5. The summed E-state index contributed by atoms with van der Waals surface area (Å²) in [5, 5.41) is 7.43. The van der Waals surface area contributed by atoms with Gasteiger partial charge in [-0.3, -0.25) is 0 Å². The van der Waals surface area contributed by atoms with Crippen molar-refractivity contribution < 1.29 is 9.26 Å². The fraction of sp³-hybridized carbons (Fsp3) is 0.500. The van der Waals surface area contributed by atoms with Crippen molar-refractivity contribution in [1.29, 1.82) is 0 Å². The van der Waals surface area contributed by atoms with Crippen molar-refractivity contribution in [3.05, 3.63) is 46.6 Å². The minimum Gasteiger partial charge on any atom is -0.384 e. The van der Waals surface area contributed by atoms with E-state index in [0.717, 1.165) is 0 Å². The topological polar surface area (TPSA) is 60.2 Å². The molecule has 1 N–H and O–H groups in total. The lowest BCUT2D eigenvalue weighted by atomic mass is 9.97. The average molecular weight is 289 g/mol. The van der Waals surface area contributed by atoms with Crippen molar-refractivity contribution in [3.63, 3.8) is 0 Å². The third-order valence-electron chi connectivity index (χ3n) is 3.57. The Balaban J connectivity index is 1.94. The molecule has 2 rings (SSSR count). The van der Waals surface area contributed by atoms with Gasteiger partial charge < -0.3 is 14.6 Å². The summed E-state index contributed by atoms with van der Waals surface area (Å²) in [5.41, 5.74) is 3.92. The van der Waals surface area contributed by atoms with E-state index in [-0.39, 0.29) is 6.04 Å². The molecule has 1 atom stereocenters. The van der Waals surface area contributed by atoms with Gasteiger partial charge in [0, 0.05) is 13.2 Å². The van der Waals surface area contributed by atoms with Crippen molar-refractivity contribution >= 4 is 0 Å². The van der Waals surface area contributed by atoms with Crippen LogP contribution in [0, 0.1) is 13.8 Å². The van der Waals surface area contributed by atoms with Crippen molar-refractivity contribution in [3.8, 4) is 0 Å². The van der Waals surface area contributed by atoms with Crippen molar-refractivity contribution in [2.75, 3.05) is 13.7 Å². The predicted molar refractivity (Wildman–Crippen MR) is 81.0 cm³/mol. The van der Waals surface area contributed by atoms with Gasteiger partial charge in [0.15, 0.2) is 5.82 Å². The first-order valence-electron chi connectivity index (χ1n) is 7.21. The van der Waals surface area contributed by atoms with Gasteiger partial charge in [-0.25, -0.2) is 0 Å². The van der Waals surface area contributed by atoms with Crippen LogP contribution in [0.3, 0.4) is 0 Å². The van der Waals surface area contributed by atoms with Crippen molar-refractivity contribution in [1.82, 2.24) is 15.5 Å². The Morgan fingerprint density at radius 2 is 2.00 bits per heavy atom. The molecule has 1 heterocycles. The van der Waals surface area contributed by atoms with Crippen LogP contribution in [0.15, 0.2) is 22.7 Å². The maximum atomic E-state index is 5.17. The fourth-order valence-corrected chi connectivity index (χ4v) is 2.51. The summed E-state index contributed by atoms with van der Waals surface area (Å²) in [4.78, 5) is 4.34. The zero-order chi connectivity index (χ0) is 15.2. The Morgan fingerprint density at radius 3 is 2.67 bits per heavy atom. The molecule has 1 aromatic carbocycles. The lowest BCUT2D eigenvalue weighted by Gasteiger charge is -2.18. The molecule has 0 saturated heterocycles. The first kappa shape index (κ1) is 15.7. The van der Waals surface area contributed by atoms with E-state index in [2.05, 4.69) is 54.4 Å². The highest BCUT2D eigenvalue weighted by molar-refractivity contribution is 5.35. The predicted octanol–water partition coefficient (Wildman–Crippen LogP) is 2.73. The molecule has 0 fully saturated rings. The lowest BCUT2D eigenvalue weighted by molar-refractivity contribution is 0.192. The number of benzene rings is 1. The summed E-state index contributed by atoms with van der Waals surface area (Å²) in [6.45, 7) is 7.61. The number of hydrogen-bond donors (Lipinski definition) is 1. The second kappa shape index (κ2) is 7.33. The van der Waals surface area contributed by atoms with Crippen molar-refractivity contribution in [2.45, 2.75) is 39.8 Å². The number of nitrogens with zero attached hydrogens (tertiary/aromatic N) is 2. The van der Waals surface area contributed by atoms with E-state index in [1.54, 1.807) is 7.11 Å². The maximum Gasteiger partial charge on any atom is 0.229 e. The van der Waals surface area contributed by atoms with Crippen LogP contribution in [-0.2, 0) is 17.7 Å². The molecule has 21 heavy (non-hydrogen) atoms. The number of methoxy groups -OCH3 is 1. The zero-order valence-electron chi connectivity index (χ0n) is 13.1. The Bertz CT molecular complexity index is 560. The van der Waals surface area contributed by atoms with Gasteiger partial charge >= 0.3 is 0 Å². The van der Waals surface area contributed by atoms with E-state index in [9.17, 15) is 0 Å². The van der Waals surface area contributed by atoms with Gasteiger partial charge in [-0.2, -0.15) is 4.98 Å². The molecule has 1 unspecified atom stereocenters. The summed E-state index contributed by atoms with van der Waals surface area (Å²) in [7, 11) is 1.66. The largest absolute Gasteiger partial charge is 0.384 e. The third-order valence-corrected chi connectivity index (χ3v) is 3.57. The Labute approximate surface area is 125 Å². The van der Waals surface area contributed by atoms with Crippen LogP contribution in [0.5, 0.6) is 0 Å². The van der Waals surface area contributed by atoms with Gasteiger partial charge in [0.2, 0.25) is 5.89 Å². The highest BCUT2D eigenvalue weighted by atomic mass is 16.5. The number of ether oxygens (including phenoxy) is 1. The molecule has 2 aromatic rings. The van der Waals surface area contributed by atoms with Crippen LogP contribution in [0.4, 0.5) is 0 Å². The average Bonchev–Trinajstić information content (AvgIpc) is 2.90.